The van der Waals surface area contributed by atoms with E-state index in [1.54, 1.807) is 39.4 Å². The topological polar surface area (TPSA) is 207 Å². The Bertz CT molecular complexity index is 2090. The third-order valence-corrected chi connectivity index (χ3v) is 9.01. The first-order valence-electron chi connectivity index (χ1n) is 16.0. The van der Waals surface area contributed by atoms with Crippen molar-refractivity contribution in [3.63, 3.8) is 0 Å². The number of carbonyl (C=O) groups excluding carboxylic acids is 1. The molecule has 1 atom stereocenters. The van der Waals surface area contributed by atoms with Crippen LogP contribution in [0.25, 0.3) is 15.3 Å². The van der Waals surface area contributed by atoms with Gasteiger partial charge in [0, 0.05) is 39.1 Å². The Hall–Kier alpha value is -5.39. The lowest BCUT2D eigenvalue weighted by molar-refractivity contribution is -0.142. The van der Waals surface area contributed by atoms with Crippen LogP contribution in [-0.2, 0) is 18.6 Å². The minimum atomic E-state index is -0.595. The molecule has 5 aromatic rings. The number of carbonyl (C=O) groups is 1. The van der Waals surface area contributed by atoms with Gasteiger partial charge in [0.1, 0.15) is 29.9 Å². The molecule has 0 amide bonds. The van der Waals surface area contributed by atoms with Gasteiger partial charge in [-0.3, -0.25) is 4.79 Å². The van der Waals surface area contributed by atoms with Gasteiger partial charge in [-0.2, -0.15) is 15.2 Å². The first kappa shape index (κ1) is 37.9. The molecule has 0 bridgehead atoms. The summed E-state index contributed by atoms with van der Waals surface area (Å²) in [6.45, 7) is 8.84. The number of nitrogens with one attached hydrogen (secondary N) is 4. The highest BCUT2D eigenvalue weighted by Gasteiger charge is 2.19. The number of rotatable bonds is 17. The molecule has 0 aliphatic heterocycles. The summed E-state index contributed by atoms with van der Waals surface area (Å²) in [4.78, 5) is 30.8. The number of hydrogen-bond acceptors (Lipinski definition) is 18. The number of esters is 1. The predicted octanol–water partition coefficient (Wildman–Crippen LogP) is 6.74. The van der Waals surface area contributed by atoms with Gasteiger partial charge in [-0.25, -0.2) is 14.4 Å². The summed E-state index contributed by atoms with van der Waals surface area (Å²) in [6.07, 6.45) is 2.27. The second-order valence-corrected chi connectivity index (χ2v) is 12.9. The lowest BCUT2D eigenvalue weighted by atomic mass is 10.1. The molecule has 0 saturated carbocycles. The Kier molecular flexibility index (Phi) is 12.9. The van der Waals surface area contributed by atoms with E-state index in [1.165, 1.54) is 23.1 Å². The number of methoxy groups -OCH3 is 2. The number of ether oxygens (including phenoxy) is 2. The van der Waals surface area contributed by atoms with Gasteiger partial charge in [-0.15, -0.1) is 15.3 Å². The van der Waals surface area contributed by atoms with Crippen LogP contribution in [0.3, 0.4) is 0 Å². The van der Waals surface area contributed by atoms with E-state index in [0.717, 1.165) is 45.7 Å². The molecule has 0 spiro atoms. The van der Waals surface area contributed by atoms with Crippen molar-refractivity contribution in [2.45, 2.75) is 40.2 Å². The van der Waals surface area contributed by atoms with E-state index in [0.29, 0.717) is 52.8 Å². The molecule has 3 heterocycles. The molecule has 2 aromatic carbocycles. The zero-order valence-corrected chi connectivity index (χ0v) is 31.2. The highest BCUT2D eigenvalue weighted by atomic mass is 32.2. The summed E-state index contributed by atoms with van der Waals surface area (Å²) >= 11 is 2.11. The number of benzene rings is 2. The molecule has 17 nitrogen and oxygen atoms in total. The van der Waals surface area contributed by atoms with Crippen LogP contribution in [0, 0.1) is 32.1 Å². The van der Waals surface area contributed by atoms with Gasteiger partial charge in [-0.05, 0) is 57.4 Å². The van der Waals surface area contributed by atoms with Crippen molar-refractivity contribution < 1.29 is 23.5 Å². The third kappa shape index (κ3) is 9.28. The van der Waals surface area contributed by atoms with E-state index in [9.17, 15) is 10.1 Å². The van der Waals surface area contributed by atoms with Crippen molar-refractivity contribution in [1.82, 2.24) is 29.5 Å². The number of fused-ring (bicyclic) bond motifs is 1. The van der Waals surface area contributed by atoms with Gasteiger partial charge >= 0.3 is 5.97 Å². The molecular formula is C33H38N12O5S2. The highest BCUT2D eigenvalue weighted by Crippen LogP contribution is 2.37. The molecule has 272 valence electrons. The second-order valence-electron chi connectivity index (χ2n) is 11.4. The molecule has 0 aliphatic rings. The van der Waals surface area contributed by atoms with E-state index in [2.05, 4.69) is 73.9 Å². The average Bonchev–Trinajstić information content (AvgIpc) is 3.76. The van der Waals surface area contributed by atoms with Crippen molar-refractivity contribution >= 4 is 74.5 Å². The zero-order valence-electron chi connectivity index (χ0n) is 29.6. The predicted molar refractivity (Wildman–Crippen MR) is 200 cm³/mol. The maximum atomic E-state index is 11.5. The molecular weight excluding hydrogens is 709 g/mol. The zero-order chi connectivity index (χ0) is 37.2. The minimum Gasteiger partial charge on any atom is -0.468 e. The lowest BCUT2D eigenvalue weighted by Crippen LogP contribution is -2.30. The molecule has 5 rings (SSSR count). The van der Waals surface area contributed by atoms with Crippen LogP contribution in [0.4, 0.5) is 34.8 Å². The number of aryl methyl sites for hydroxylation is 3. The van der Waals surface area contributed by atoms with E-state index in [1.807, 2.05) is 26.8 Å². The fraction of sp³-hybridized carbons (Fsp3) is 0.333. The smallest absolute Gasteiger partial charge is 0.323 e. The van der Waals surface area contributed by atoms with Crippen LogP contribution in [0.2, 0.25) is 0 Å². The average molecular weight is 747 g/mol. The number of thiazole rings is 1. The van der Waals surface area contributed by atoms with Crippen LogP contribution >= 0.6 is 23.6 Å². The summed E-state index contributed by atoms with van der Waals surface area (Å²) in [6, 6.07) is 11.0. The number of anilines is 4. The lowest BCUT2D eigenvalue weighted by Gasteiger charge is -2.17. The molecule has 0 fully saturated rings. The number of aromatic nitrogens is 5. The normalized spacial score (nSPS) is 11.8. The molecule has 0 saturated heterocycles. The Morgan fingerprint density at radius 2 is 1.87 bits per heavy atom. The van der Waals surface area contributed by atoms with Crippen molar-refractivity contribution in [2.75, 3.05) is 50.4 Å². The third-order valence-electron chi connectivity index (χ3n) is 7.39. The van der Waals surface area contributed by atoms with E-state index in [-0.39, 0.29) is 11.4 Å². The Morgan fingerprint density at radius 3 is 2.58 bits per heavy atom. The van der Waals surface area contributed by atoms with Crippen LogP contribution in [0.15, 0.2) is 46.8 Å². The monoisotopic (exact) mass is 746 g/mol. The molecule has 0 aliphatic carbocycles. The summed E-state index contributed by atoms with van der Waals surface area (Å²) < 4.78 is 20.0. The van der Waals surface area contributed by atoms with Crippen molar-refractivity contribution in [3.05, 3.63) is 58.8 Å². The van der Waals surface area contributed by atoms with Crippen molar-refractivity contribution in [3.8, 4) is 17.0 Å². The molecule has 0 radical (unpaired) electrons. The van der Waals surface area contributed by atoms with E-state index in [4.69, 9.17) is 14.0 Å². The van der Waals surface area contributed by atoms with Crippen LogP contribution in [0.5, 0.6) is 5.75 Å². The summed E-state index contributed by atoms with van der Waals surface area (Å²) in [5, 5.41) is 33.8. The van der Waals surface area contributed by atoms with E-state index < -0.39 is 12.0 Å². The second kappa shape index (κ2) is 17.7. The standard InChI is InChI=1S/C33H38N12O5S2/c1-18-13-19(2)26(20(3)14-18)38-30-27(29(36-11-8-12-47-6)39-32(35-5)40-30)41-42-28-22(16-34)17-45(43-28)33-37-24-15-23(9-10-25(24)51-33)49-50-52-44-21(4)31(46)48-7/h9-10,13-15,17,21,44H,8,11-12H2,1-7H3,(H3,35,36,38,39,40). The Balaban J connectivity index is 1.43. The van der Waals surface area contributed by atoms with Gasteiger partial charge in [0.05, 0.1) is 23.5 Å². The SMILES string of the molecule is CNc1nc(NCCCOC)c(N=Nc2nn(-c3nc4cc(OOSNC(C)C(=O)OC)ccc4s3)cc2C#N)c(Nc2c(C)cc(C)cc2C)n1. The first-order valence-corrected chi connectivity index (χ1v) is 17.5. The summed E-state index contributed by atoms with van der Waals surface area (Å²) in [5.41, 5.74) is 5.23. The number of nitrogens with zero attached hydrogens (tertiary/aromatic N) is 8. The Labute approximate surface area is 308 Å². The van der Waals surface area contributed by atoms with Gasteiger partial charge in [0.25, 0.3) is 0 Å². The summed E-state index contributed by atoms with van der Waals surface area (Å²) in [5.74, 6) is 1.25. The van der Waals surface area contributed by atoms with Crippen LogP contribution in [-0.4, -0.2) is 71.2 Å². The first-order chi connectivity index (χ1) is 25.1. The Morgan fingerprint density at radius 1 is 1.10 bits per heavy atom. The minimum absolute atomic E-state index is 0.0848. The molecule has 3 aromatic heterocycles. The van der Waals surface area contributed by atoms with Gasteiger partial charge in [0.15, 0.2) is 23.1 Å². The number of azo groups is 1. The van der Waals surface area contributed by atoms with Gasteiger partial charge in [0.2, 0.25) is 16.9 Å². The van der Waals surface area contributed by atoms with Crippen molar-refractivity contribution in [1.29, 1.82) is 5.26 Å². The molecule has 1 unspecified atom stereocenters. The largest absolute Gasteiger partial charge is 0.468 e. The van der Waals surface area contributed by atoms with E-state index >= 15 is 0 Å². The number of nitriles is 1. The molecule has 19 heteroatoms. The fourth-order valence-corrected chi connectivity index (χ4v) is 6.19. The van der Waals surface area contributed by atoms with Crippen molar-refractivity contribution in [2.24, 2.45) is 10.2 Å². The summed E-state index contributed by atoms with van der Waals surface area (Å²) in [7, 11) is 4.69. The number of hydrogen-bond donors (Lipinski definition) is 4. The molecule has 52 heavy (non-hydrogen) atoms. The highest BCUT2D eigenvalue weighted by molar-refractivity contribution is 7.92. The fourth-order valence-electron chi connectivity index (χ4n) is 4.92. The van der Waals surface area contributed by atoms with Gasteiger partial charge in [-0.1, -0.05) is 33.4 Å². The molecule has 4 N–H and O–H groups in total. The maximum absolute atomic E-state index is 11.5. The van der Waals surface area contributed by atoms with Crippen LogP contribution < -0.4 is 25.6 Å². The van der Waals surface area contributed by atoms with Gasteiger partial charge < -0.3 is 30.3 Å². The maximum Gasteiger partial charge on any atom is 0.323 e. The van der Waals surface area contributed by atoms with Crippen LogP contribution in [0.1, 0.15) is 35.6 Å². The quantitative estimate of drug-likeness (QED) is 0.0148.